The number of hydrogen-bond acceptors (Lipinski definition) is 3. The predicted molar refractivity (Wildman–Crippen MR) is 62.3 cm³/mol. The Kier molecular flexibility index (Phi) is 4.60. The first-order valence-corrected chi connectivity index (χ1v) is 6.45. The van der Waals surface area contributed by atoms with Gasteiger partial charge in [-0.15, -0.1) is 0 Å². The van der Waals surface area contributed by atoms with Gasteiger partial charge in [0, 0.05) is 38.8 Å². The van der Waals surface area contributed by atoms with E-state index in [-0.39, 0.29) is 0 Å². The molecule has 4 heteroatoms. The van der Waals surface area contributed by atoms with E-state index < -0.39 is 0 Å². The highest BCUT2D eigenvalue weighted by molar-refractivity contribution is 5.77. The van der Waals surface area contributed by atoms with Gasteiger partial charge in [0.05, 0.1) is 0 Å². The van der Waals surface area contributed by atoms with Crippen molar-refractivity contribution in [3.05, 3.63) is 0 Å². The molecule has 1 amide bonds. The molecule has 2 aliphatic heterocycles. The number of rotatable bonds is 5. The molecule has 2 fully saturated rings. The molecule has 2 heterocycles. The third-order valence-electron chi connectivity index (χ3n) is 3.43. The number of nitrogens with one attached hydrogen (secondary N) is 1. The minimum Gasteiger partial charge on any atom is -0.381 e. The van der Waals surface area contributed by atoms with Crippen LogP contribution in [-0.2, 0) is 9.53 Å². The fourth-order valence-corrected chi connectivity index (χ4v) is 2.42. The van der Waals surface area contributed by atoms with Gasteiger partial charge in [-0.25, -0.2) is 0 Å². The molecule has 0 aliphatic carbocycles. The summed E-state index contributed by atoms with van der Waals surface area (Å²) in [5.41, 5.74) is 0. The first-order valence-electron chi connectivity index (χ1n) is 6.45. The van der Waals surface area contributed by atoms with Crippen LogP contribution in [0.2, 0.25) is 0 Å². The number of carbonyl (C=O) groups is 1. The molecule has 0 spiro atoms. The van der Waals surface area contributed by atoms with Crippen LogP contribution in [0.3, 0.4) is 0 Å². The Labute approximate surface area is 97.3 Å². The van der Waals surface area contributed by atoms with Crippen LogP contribution in [-0.4, -0.2) is 49.7 Å². The molecule has 2 saturated heterocycles. The quantitative estimate of drug-likeness (QED) is 0.704. The second kappa shape index (κ2) is 6.21. The van der Waals surface area contributed by atoms with Crippen molar-refractivity contribution in [3.8, 4) is 0 Å². The molecule has 0 atom stereocenters. The highest BCUT2D eigenvalue weighted by Gasteiger charge is 2.19. The molecule has 0 aromatic carbocycles. The largest absolute Gasteiger partial charge is 0.381 e. The van der Waals surface area contributed by atoms with Gasteiger partial charge in [-0.3, -0.25) is 4.79 Å². The molecule has 0 bridgehead atoms. The van der Waals surface area contributed by atoms with Gasteiger partial charge in [0.1, 0.15) is 0 Å². The molecule has 0 unspecified atom stereocenters. The van der Waals surface area contributed by atoms with Gasteiger partial charge in [0.25, 0.3) is 0 Å². The second-order valence-electron chi connectivity index (χ2n) is 4.68. The maximum atomic E-state index is 11.4. The van der Waals surface area contributed by atoms with Gasteiger partial charge < -0.3 is 15.0 Å². The minimum atomic E-state index is 0.339. The van der Waals surface area contributed by atoms with Crippen LogP contribution >= 0.6 is 0 Å². The summed E-state index contributed by atoms with van der Waals surface area (Å²) in [6, 6.07) is 0.628. The number of ether oxygens (including phenoxy) is 1. The van der Waals surface area contributed by atoms with Crippen molar-refractivity contribution in [3.63, 3.8) is 0 Å². The van der Waals surface area contributed by atoms with E-state index in [1.807, 2.05) is 4.90 Å². The monoisotopic (exact) mass is 226 g/mol. The summed E-state index contributed by atoms with van der Waals surface area (Å²) in [6.07, 6.45) is 5.13. The number of likely N-dealkylation sites (tertiary alicyclic amines) is 1. The van der Waals surface area contributed by atoms with Crippen LogP contribution < -0.4 is 5.32 Å². The van der Waals surface area contributed by atoms with E-state index in [4.69, 9.17) is 4.74 Å². The number of carbonyl (C=O) groups excluding carboxylic acids is 1. The van der Waals surface area contributed by atoms with E-state index in [2.05, 4.69) is 5.32 Å². The zero-order valence-electron chi connectivity index (χ0n) is 9.91. The Hall–Kier alpha value is -0.610. The van der Waals surface area contributed by atoms with Crippen molar-refractivity contribution in [2.45, 2.75) is 38.1 Å². The van der Waals surface area contributed by atoms with Crippen LogP contribution in [0.5, 0.6) is 0 Å². The molecule has 4 nitrogen and oxygen atoms in total. The maximum Gasteiger partial charge on any atom is 0.222 e. The highest BCUT2D eigenvalue weighted by Crippen LogP contribution is 2.10. The van der Waals surface area contributed by atoms with Crippen molar-refractivity contribution in [2.75, 3.05) is 32.8 Å². The Bertz CT molecular complexity index is 227. The van der Waals surface area contributed by atoms with Crippen molar-refractivity contribution in [2.24, 2.45) is 0 Å². The van der Waals surface area contributed by atoms with E-state index >= 15 is 0 Å². The Morgan fingerprint density at radius 2 is 2.19 bits per heavy atom. The number of hydrogen-bond donors (Lipinski definition) is 1. The van der Waals surface area contributed by atoms with E-state index in [0.717, 1.165) is 65.0 Å². The summed E-state index contributed by atoms with van der Waals surface area (Å²) in [5.74, 6) is 0.339. The van der Waals surface area contributed by atoms with Gasteiger partial charge in [-0.05, 0) is 32.2 Å². The van der Waals surface area contributed by atoms with Gasteiger partial charge in [-0.2, -0.15) is 0 Å². The molecular weight excluding hydrogens is 204 g/mol. The van der Waals surface area contributed by atoms with Crippen LogP contribution in [0.4, 0.5) is 0 Å². The van der Waals surface area contributed by atoms with Crippen molar-refractivity contribution < 1.29 is 9.53 Å². The molecule has 16 heavy (non-hydrogen) atoms. The van der Waals surface area contributed by atoms with Gasteiger partial charge in [0.15, 0.2) is 0 Å². The molecule has 0 aromatic heterocycles. The summed E-state index contributed by atoms with van der Waals surface area (Å²) in [4.78, 5) is 13.4. The van der Waals surface area contributed by atoms with E-state index in [9.17, 15) is 4.79 Å². The smallest absolute Gasteiger partial charge is 0.222 e. The van der Waals surface area contributed by atoms with E-state index in [1.54, 1.807) is 0 Å². The van der Waals surface area contributed by atoms with E-state index in [1.165, 1.54) is 0 Å². The molecule has 0 radical (unpaired) electrons. The number of nitrogens with zero attached hydrogens (tertiary/aromatic N) is 1. The maximum absolute atomic E-state index is 11.4. The summed E-state index contributed by atoms with van der Waals surface area (Å²) in [5, 5.41) is 3.54. The van der Waals surface area contributed by atoms with Crippen molar-refractivity contribution in [1.82, 2.24) is 10.2 Å². The Morgan fingerprint density at radius 3 is 2.88 bits per heavy atom. The lowest BCUT2D eigenvalue weighted by molar-refractivity contribution is -0.127. The predicted octanol–water partition coefficient (Wildman–Crippen LogP) is 0.767. The van der Waals surface area contributed by atoms with Crippen molar-refractivity contribution in [1.29, 1.82) is 0 Å². The first-order chi connectivity index (χ1) is 7.86. The van der Waals surface area contributed by atoms with Crippen LogP contribution in [0.1, 0.15) is 32.1 Å². The zero-order valence-corrected chi connectivity index (χ0v) is 9.91. The standard InChI is InChI=1S/C12H22N2O2/c15-12-3-1-7-14(12)8-2-6-13-11-4-9-16-10-5-11/h11,13H,1-10H2. The lowest BCUT2D eigenvalue weighted by Gasteiger charge is -2.23. The van der Waals surface area contributed by atoms with Crippen molar-refractivity contribution >= 4 is 5.91 Å². The van der Waals surface area contributed by atoms with Gasteiger partial charge in [0.2, 0.25) is 5.91 Å². The lowest BCUT2D eigenvalue weighted by atomic mass is 10.1. The normalized spacial score (nSPS) is 23.0. The first kappa shape index (κ1) is 11.9. The molecule has 0 saturated carbocycles. The number of amides is 1. The van der Waals surface area contributed by atoms with Crippen LogP contribution in [0, 0.1) is 0 Å². The summed E-state index contributed by atoms with van der Waals surface area (Å²) >= 11 is 0. The topological polar surface area (TPSA) is 41.6 Å². The third-order valence-corrected chi connectivity index (χ3v) is 3.43. The molecule has 2 rings (SSSR count). The van der Waals surface area contributed by atoms with Crippen LogP contribution in [0.25, 0.3) is 0 Å². The molecule has 0 aromatic rings. The molecule has 92 valence electrons. The Morgan fingerprint density at radius 1 is 1.38 bits per heavy atom. The fraction of sp³-hybridized carbons (Fsp3) is 0.917. The SMILES string of the molecule is O=C1CCCN1CCCNC1CCOCC1. The fourth-order valence-electron chi connectivity index (χ4n) is 2.42. The summed E-state index contributed by atoms with van der Waals surface area (Å²) in [6.45, 7) is 4.70. The minimum absolute atomic E-state index is 0.339. The summed E-state index contributed by atoms with van der Waals surface area (Å²) in [7, 11) is 0. The molecule has 1 N–H and O–H groups in total. The lowest BCUT2D eigenvalue weighted by Crippen LogP contribution is -2.36. The molecule has 2 aliphatic rings. The second-order valence-corrected chi connectivity index (χ2v) is 4.68. The molecular formula is C12H22N2O2. The zero-order chi connectivity index (χ0) is 11.2. The highest BCUT2D eigenvalue weighted by atomic mass is 16.5. The average Bonchev–Trinajstić information content (AvgIpc) is 2.72. The van der Waals surface area contributed by atoms with Gasteiger partial charge >= 0.3 is 0 Å². The van der Waals surface area contributed by atoms with Crippen LogP contribution in [0.15, 0.2) is 0 Å². The average molecular weight is 226 g/mol. The van der Waals surface area contributed by atoms with E-state index in [0.29, 0.717) is 11.9 Å². The Balaban J connectivity index is 1.52. The third kappa shape index (κ3) is 3.46. The summed E-state index contributed by atoms with van der Waals surface area (Å²) < 4.78 is 5.31. The van der Waals surface area contributed by atoms with Gasteiger partial charge in [-0.1, -0.05) is 0 Å².